The number of ether oxygens (including phenoxy) is 1. The summed E-state index contributed by atoms with van der Waals surface area (Å²) in [7, 11) is 0. The number of hydrogen-bond donors (Lipinski definition) is 2. The van der Waals surface area contributed by atoms with Crippen molar-refractivity contribution in [3.63, 3.8) is 0 Å². The van der Waals surface area contributed by atoms with Crippen molar-refractivity contribution in [1.82, 2.24) is 9.80 Å². The minimum absolute atomic E-state index is 0.0173. The zero-order valence-corrected chi connectivity index (χ0v) is 15.6. The lowest BCUT2D eigenvalue weighted by Gasteiger charge is -2.33. The third kappa shape index (κ3) is 3.91. The highest BCUT2D eigenvalue weighted by Crippen LogP contribution is 2.34. The highest BCUT2D eigenvalue weighted by Gasteiger charge is 2.51. The van der Waals surface area contributed by atoms with Gasteiger partial charge < -0.3 is 20.5 Å². The number of nitrogens with two attached hydrogens (primary N) is 1. The van der Waals surface area contributed by atoms with E-state index in [2.05, 4.69) is 0 Å². The first kappa shape index (κ1) is 20.0. The van der Waals surface area contributed by atoms with Crippen LogP contribution >= 0.6 is 0 Å². The largest absolute Gasteiger partial charge is 0.481 e. The number of carbonyl (C=O) groups is 4. The molecule has 2 rings (SSSR count). The zero-order chi connectivity index (χ0) is 19.8. The van der Waals surface area contributed by atoms with Crippen LogP contribution in [0.15, 0.2) is 0 Å². The Morgan fingerprint density at radius 2 is 1.77 bits per heavy atom. The maximum absolute atomic E-state index is 13.0. The molecule has 9 nitrogen and oxygen atoms in total. The molecule has 146 valence electrons. The molecule has 0 radical (unpaired) electrons. The van der Waals surface area contributed by atoms with Gasteiger partial charge >= 0.3 is 12.1 Å². The van der Waals surface area contributed by atoms with Crippen LogP contribution in [0.25, 0.3) is 0 Å². The second-order valence-corrected chi connectivity index (χ2v) is 7.92. The normalized spacial score (nSPS) is 28.9. The molecule has 2 aliphatic heterocycles. The van der Waals surface area contributed by atoms with E-state index < -0.39 is 53.5 Å². The minimum atomic E-state index is -1.07. The van der Waals surface area contributed by atoms with Crippen LogP contribution in [0.4, 0.5) is 4.79 Å². The van der Waals surface area contributed by atoms with Crippen molar-refractivity contribution in [3.8, 4) is 0 Å². The maximum Gasteiger partial charge on any atom is 0.411 e. The van der Waals surface area contributed by atoms with Gasteiger partial charge in [-0.1, -0.05) is 0 Å². The summed E-state index contributed by atoms with van der Waals surface area (Å²) in [4.78, 5) is 51.4. The Balaban J connectivity index is 2.30. The fourth-order valence-corrected chi connectivity index (χ4v) is 3.68. The van der Waals surface area contributed by atoms with E-state index in [4.69, 9.17) is 10.5 Å². The third-order valence-corrected chi connectivity index (χ3v) is 4.90. The van der Waals surface area contributed by atoms with E-state index in [1.807, 2.05) is 0 Å². The number of nitrogens with zero attached hydrogens (tertiary/aromatic N) is 2. The van der Waals surface area contributed by atoms with Gasteiger partial charge in [0.15, 0.2) is 0 Å². The van der Waals surface area contributed by atoms with Crippen LogP contribution in [-0.2, 0) is 19.1 Å². The fourth-order valence-electron chi connectivity index (χ4n) is 3.68. The standard InChI is InChI=1S/C17H27N3O6/c1-9-10(15(23)24)8-12(20(9)16(25)26-17(2,3)4)14(22)19-7-5-6-11(19)13(18)21/h9-12H,5-8H2,1-4H3,(H2,18,21)(H,23,24). The van der Waals surface area contributed by atoms with Gasteiger partial charge in [0.25, 0.3) is 0 Å². The zero-order valence-electron chi connectivity index (χ0n) is 15.6. The fraction of sp³-hybridized carbons (Fsp3) is 0.765. The van der Waals surface area contributed by atoms with E-state index in [0.717, 1.165) is 0 Å². The molecular formula is C17H27N3O6. The molecule has 0 aliphatic carbocycles. The van der Waals surface area contributed by atoms with Gasteiger partial charge in [0.2, 0.25) is 11.8 Å². The van der Waals surface area contributed by atoms with E-state index in [1.165, 1.54) is 9.80 Å². The van der Waals surface area contributed by atoms with E-state index in [-0.39, 0.29) is 6.42 Å². The van der Waals surface area contributed by atoms with Crippen molar-refractivity contribution < 1.29 is 29.0 Å². The lowest BCUT2D eigenvalue weighted by atomic mass is 10.00. The van der Waals surface area contributed by atoms with Gasteiger partial charge in [-0.25, -0.2) is 4.79 Å². The predicted octanol–water partition coefficient (Wildman–Crippen LogP) is 0.561. The summed E-state index contributed by atoms with van der Waals surface area (Å²) in [6, 6.07) is -2.41. The molecule has 0 aromatic heterocycles. The summed E-state index contributed by atoms with van der Waals surface area (Å²) in [6.45, 7) is 7.03. The molecule has 2 fully saturated rings. The summed E-state index contributed by atoms with van der Waals surface area (Å²) in [5.74, 6) is -3.01. The van der Waals surface area contributed by atoms with Crippen LogP contribution in [0.5, 0.6) is 0 Å². The molecule has 2 aliphatic rings. The number of hydrogen-bond acceptors (Lipinski definition) is 5. The summed E-state index contributed by atoms with van der Waals surface area (Å²) in [6.07, 6.45) is 0.354. The summed E-state index contributed by atoms with van der Waals surface area (Å²) in [5, 5.41) is 9.44. The molecule has 26 heavy (non-hydrogen) atoms. The molecule has 0 aromatic carbocycles. The van der Waals surface area contributed by atoms with Crippen molar-refractivity contribution in [2.24, 2.45) is 11.7 Å². The highest BCUT2D eigenvalue weighted by molar-refractivity contribution is 5.92. The average molecular weight is 369 g/mol. The number of carboxylic acid groups (broad SMARTS) is 1. The second kappa shape index (κ2) is 7.13. The van der Waals surface area contributed by atoms with Gasteiger partial charge in [0.1, 0.15) is 17.7 Å². The SMILES string of the molecule is CC1C(C(=O)O)CC(C(=O)N2CCCC2C(N)=O)N1C(=O)OC(C)(C)C. The van der Waals surface area contributed by atoms with Crippen molar-refractivity contribution in [2.45, 2.75) is 70.7 Å². The topological polar surface area (TPSA) is 130 Å². The Morgan fingerprint density at radius 1 is 1.15 bits per heavy atom. The van der Waals surface area contributed by atoms with Crippen LogP contribution in [0.3, 0.4) is 0 Å². The molecule has 2 heterocycles. The van der Waals surface area contributed by atoms with Crippen LogP contribution in [0.1, 0.15) is 47.0 Å². The summed E-state index contributed by atoms with van der Waals surface area (Å²) in [5.41, 5.74) is 4.59. The Labute approximate surface area is 152 Å². The van der Waals surface area contributed by atoms with Crippen LogP contribution in [-0.4, -0.2) is 69.1 Å². The van der Waals surface area contributed by atoms with E-state index >= 15 is 0 Å². The van der Waals surface area contributed by atoms with Gasteiger partial charge in [0.05, 0.1) is 5.92 Å². The lowest BCUT2D eigenvalue weighted by molar-refractivity contribution is -0.142. The van der Waals surface area contributed by atoms with Gasteiger partial charge in [-0.05, 0) is 47.0 Å². The molecular weight excluding hydrogens is 342 g/mol. The molecule has 2 saturated heterocycles. The number of carbonyl (C=O) groups excluding carboxylic acids is 3. The van der Waals surface area contributed by atoms with Crippen molar-refractivity contribution in [1.29, 1.82) is 0 Å². The Kier molecular flexibility index (Phi) is 5.48. The molecule has 3 amide bonds. The second-order valence-electron chi connectivity index (χ2n) is 7.92. The molecule has 4 atom stereocenters. The average Bonchev–Trinajstić information content (AvgIpc) is 3.08. The van der Waals surface area contributed by atoms with Crippen molar-refractivity contribution in [3.05, 3.63) is 0 Å². The summed E-state index contributed by atoms with van der Waals surface area (Å²) < 4.78 is 5.37. The number of rotatable bonds is 3. The van der Waals surface area contributed by atoms with Gasteiger partial charge in [0, 0.05) is 12.6 Å². The van der Waals surface area contributed by atoms with Crippen molar-refractivity contribution >= 4 is 23.9 Å². The first-order valence-corrected chi connectivity index (χ1v) is 8.78. The predicted molar refractivity (Wildman–Crippen MR) is 91.0 cm³/mol. The first-order chi connectivity index (χ1) is 11.9. The number of amides is 3. The Hall–Kier alpha value is -2.32. The van der Waals surface area contributed by atoms with Crippen LogP contribution < -0.4 is 5.73 Å². The van der Waals surface area contributed by atoms with E-state index in [0.29, 0.717) is 19.4 Å². The van der Waals surface area contributed by atoms with Crippen LogP contribution in [0.2, 0.25) is 0 Å². The smallest absolute Gasteiger partial charge is 0.411 e. The minimum Gasteiger partial charge on any atom is -0.481 e. The first-order valence-electron chi connectivity index (χ1n) is 8.78. The highest BCUT2D eigenvalue weighted by atomic mass is 16.6. The molecule has 4 unspecified atom stereocenters. The number of aliphatic carboxylic acids is 1. The molecule has 0 aromatic rings. The molecule has 0 spiro atoms. The summed E-state index contributed by atoms with van der Waals surface area (Å²) >= 11 is 0. The van der Waals surface area contributed by atoms with Gasteiger partial charge in [-0.2, -0.15) is 0 Å². The molecule has 0 bridgehead atoms. The number of likely N-dealkylation sites (tertiary alicyclic amines) is 2. The number of primary amides is 1. The maximum atomic E-state index is 13.0. The van der Waals surface area contributed by atoms with Crippen molar-refractivity contribution in [2.75, 3.05) is 6.54 Å². The molecule has 3 N–H and O–H groups in total. The Morgan fingerprint density at radius 3 is 2.27 bits per heavy atom. The monoisotopic (exact) mass is 369 g/mol. The van der Waals surface area contributed by atoms with Gasteiger partial charge in [-0.3, -0.25) is 19.3 Å². The van der Waals surface area contributed by atoms with Gasteiger partial charge in [-0.15, -0.1) is 0 Å². The van der Waals surface area contributed by atoms with Crippen LogP contribution in [0, 0.1) is 5.92 Å². The Bertz CT molecular complexity index is 614. The van der Waals surface area contributed by atoms with E-state index in [1.54, 1.807) is 27.7 Å². The van der Waals surface area contributed by atoms with E-state index in [9.17, 15) is 24.3 Å². The number of carboxylic acids is 1. The lowest BCUT2D eigenvalue weighted by Crippen LogP contribution is -2.54. The molecule has 0 saturated carbocycles. The third-order valence-electron chi connectivity index (χ3n) is 4.90. The molecule has 9 heteroatoms. The quantitative estimate of drug-likeness (QED) is 0.747.